The third-order valence-corrected chi connectivity index (χ3v) is 17.6. The maximum atomic E-state index is 12.7. The zero-order chi connectivity index (χ0) is 92.2. The minimum Gasteiger partial charge on any atom is -0.506 e. The van der Waals surface area contributed by atoms with E-state index in [1.807, 2.05) is 36.6 Å². The molecule has 1 fully saturated rings. The first-order valence-corrected chi connectivity index (χ1v) is 38.1. The lowest BCUT2D eigenvalue weighted by molar-refractivity contribution is -0.139. The predicted octanol–water partition coefficient (Wildman–Crippen LogP) is 2.26. The van der Waals surface area contributed by atoms with E-state index in [0.29, 0.717) is 41.7 Å². The maximum absolute atomic E-state index is 12.7. The molecular formula is C83H86N12O31. The van der Waals surface area contributed by atoms with Gasteiger partial charge in [-0.05, 0) is 99.5 Å². The summed E-state index contributed by atoms with van der Waals surface area (Å²) in [6, 6.07) is 31.9. The number of pyridine rings is 5. The van der Waals surface area contributed by atoms with Gasteiger partial charge in [0.05, 0.1) is 34.1 Å². The number of para-hydroxylation sites is 3. The van der Waals surface area contributed by atoms with E-state index < -0.39 is 176 Å². The van der Waals surface area contributed by atoms with Crippen molar-refractivity contribution in [2.75, 3.05) is 66.3 Å². The van der Waals surface area contributed by atoms with Gasteiger partial charge in [-0.15, -0.1) is 23.7 Å². The van der Waals surface area contributed by atoms with Crippen molar-refractivity contribution in [2.24, 2.45) is 5.92 Å². The number of aliphatic carboxylic acids is 5. The number of fused-ring (bicyclic) bond motifs is 5. The topological polar surface area (TPSA) is 624 Å². The van der Waals surface area contributed by atoms with E-state index in [0.717, 1.165) is 41.1 Å². The molecule has 126 heavy (non-hydrogen) atoms. The second-order valence-corrected chi connectivity index (χ2v) is 26.9. The molecule has 0 spiro atoms. The van der Waals surface area contributed by atoms with Crippen molar-refractivity contribution in [2.45, 2.75) is 72.4 Å². The molecule has 0 aliphatic heterocycles. The summed E-state index contributed by atoms with van der Waals surface area (Å²) in [7, 11) is 1.46. The summed E-state index contributed by atoms with van der Waals surface area (Å²) in [6.07, 6.45) is 10.8. The van der Waals surface area contributed by atoms with Gasteiger partial charge in [-0.1, -0.05) is 104 Å². The minimum absolute atomic E-state index is 0.000803. The van der Waals surface area contributed by atoms with Crippen LogP contribution in [0.1, 0.15) is 116 Å². The summed E-state index contributed by atoms with van der Waals surface area (Å²) in [5, 5.41) is 107. The van der Waals surface area contributed by atoms with Gasteiger partial charge in [0.2, 0.25) is 0 Å². The van der Waals surface area contributed by atoms with E-state index in [-0.39, 0.29) is 77.7 Å². The Morgan fingerprint density at radius 2 is 0.810 bits per heavy atom. The summed E-state index contributed by atoms with van der Waals surface area (Å²) >= 11 is 0. The molecular weight excluding hydrogens is 1660 g/mol. The highest BCUT2D eigenvalue weighted by molar-refractivity contribution is 6.07. The number of amides is 5. The fourth-order valence-electron chi connectivity index (χ4n) is 11.5. The molecule has 0 saturated heterocycles. The number of aromatic hydroxyl groups is 5. The molecule has 1 aliphatic rings. The lowest BCUT2D eigenvalue weighted by Crippen LogP contribution is -2.42. The van der Waals surface area contributed by atoms with Gasteiger partial charge in [-0.25, -0.2) is 9.97 Å². The van der Waals surface area contributed by atoms with Crippen molar-refractivity contribution in [1.82, 2.24) is 60.2 Å². The normalized spacial score (nSPS) is 11.5. The second kappa shape index (κ2) is 44.8. The van der Waals surface area contributed by atoms with Crippen LogP contribution in [0.3, 0.4) is 0 Å². The van der Waals surface area contributed by atoms with E-state index in [9.17, 15) is 97.5 Å². The van der Waals surface area contributed by atoms with Crippen LogP contribution in [0, 0.1) is 12.8 Å². The molecule has 6 heterocycles. The smallest absolute Gasteiger partial charge is 0.325 e. The Labute approximate surface area is 709 Å². The second-order valence-electron chi connectivity index (χ2n) is 26.9. The summed E-state index contributed by atoms with van der Waals surface area (Å²) in [5.74, 6) is -13.4. The van der Waals surface area contributed by atoms with Crippen LogP contribution < -0.4 is 78.6 Å². The molecule has 5 amide bonds. The number of rotatable bonds is 33. The molecule has 0 bridgehead atoms. The van der Waals surface area contributed by atoms with Crippen LogP contribution >= 0.6 is 0 Å². The molecule has 1 aliphatic carbocycles. The number of methoxy groups -OCH3 is 1. The van der Waals surface area contributed by atoms with Crippen molar-refractivity contribution in [3.05, 3.63) is 237 Å². The fraction of sp³-hybridized carbons (Fsp3) is 0.265. The zero-order valence-electron chi connectivity index (χ0n) is 67.8. The average Bonchev–Trinajstić information content (AvgIpc) is 1.03. The lowest BCUT2D eigenvalue weighted by atomic mass is 10.1. The van der Waals surface area contributed by atoms with Crippen molar-refractivity contribution in [1.29, 1.82) is 0 Å². The first-order chi connectivity index (χ1) is 60.2. The number of carbonyl (C=O) groups is 10. The molecule has 0 radical (unpaired) electrons. The highest BCUT2D eigenvalue weighted by atomic mass is 16.7. The van der Waals surface area contributed by atoms with E-state index in [2.05, 4.69) is 32.0 Å². The number of benzene rings is 5. The summed E-state index contributed by atoms with van der Waals surface area (Å²) in [4.78, 5) is 212. The number of aromatic nitrogens is 7. The molecule has 1 saturated carbocycles. The van der Waals surface area contributed by atoms with E-state index in [1.165, 1.54) is 45.2 Å². The molecule has 43 nitrogen and oxygen atoms in total. The number of nitrogens with zero attached hydrogens (tertiary/aromatic N) is 7. The molecule has 43 heteroatoms. The monoisotopic (exact) mass is 1750 g/mol. The summed E-state index contributed by atoms with van der Waals surface area (Å²) < 4.78 is 9.37. The molecule has 664 valence electrons. The average molecular weight is 1750 g/mol. The van der Waals surface area contributed by atoms with E-state index >= 15 is 0 Å². The van der Waals surface area contributed by atoms with Crippen molar-refractivity contribution in [3.63, 3.8) is 0 Å². The minimum atomic E-state index is -1.30. The largest absolute Gasteiger partial charge is 0.506 e. The number of hydrogen-bond donors (Lipinski definition) is 15. The molecule has 12 rings (SSSR count). The van der Waals surface area contributed by atoms with E-state index in [4.69, 9.17) is 54.5 Å². The SMILES string of the molecule is CCCOn1c(=O)c(C(=O)NCC(=O)O)c(O)c2cc(C)ccc21.CCCOn1c(=O)c(C(=O)N[C@@H](C)C(=O)O)c(O)c2ccccc21.COCCOn1c(=O)c(C(=O)NCC(=O)O)c(O)c2ccccc21.O=C(O)CNC(=O)c1c(O)c2ccccc2n(OCC/C=C/C2CC2)c1=O.O=C(O)CNC(=O)c1c(O)c2cncnc2n(OCc2ccccc2)c1=O. The molecule has 5 aromatic carbocycles. The maximum Gasteiger partial charge on any atom is 0.325 e. The van der Waals surface area contributed by atoms with Crippen molar-refractivity contribution >= 4 is 114 Å². The quantitative estimate of drug-likeness (QED) is 0.0207. The van der Waals surface area contributed by atoms with Gasteiger partial charge in [0.1, 0.15) is 100 Å². The van der Waals surface area contributed by atoms with Crippen LogP contribution in [0.4, 0.5) is 0 Å². The van der Waals surface area contributed by atoms with Crippen LogP contribution in [0.2, 0.25) is 0 Å². The van der Waals surface area contributed by atoms with Gasteiger partial charge in [0.25, 0.3) is 51.8 Å². The van der Waals surface area contributed by atoms with Gasteiger partial charge in [0, 0.05) is 41.3 Å². The number of carbonyl (C=O) groups excluding carboxylic acids is 5. The third-order valence-electron chi connectivity index (χ3n) is 17.6. The predicted molar refractivity (Wildman–Crippen MR) is 446 cm³/mol. The molecule has 0 unspecified atom stereocenters. The van der Waals surface area contributed by atoms with Crippen LogP contribution in [-0.2, 0) is 35.3 Å². The molecule has 6 aromatic heterocycles. The highest BCUT2D eigenvalue weighted by Gasteiger charge is 2.31. The number of hydrogen-bond acceptors (Lipinski definition) is 28. The van der Waals surface area contributed by atoms with E-state index in [1.54, 1.807) is 110 Å². The Kier molecular flexibility index (Phi) is 33.8. The number of aryl methyl sites for hydroxylation is 1. The standard InChI is InChI=1S/C19H20N2O6.C17H14N4O6.2C16H18N2O6.C15H16N2O7/c22-15(23)11-20-18(25)16-17(24)13-6-1-2-7-14(13)21(19(16)26)27-10-4-3-5-12-8-9-12;22-12(23)7-19-16(25)13-14(24)11-6-18-9-20-15(11)21(17(13)26)27-8-10-4-2-1-3-5-10;1-3-8-24-18-11-7-5-4-6-10(11)13(19)12(15(18)21)14(20)17-9(2)16(22)23;1-3-6-24-18-11-5-4-9(2)7-10(11)14(21)13(16(18)23)15(22)17-8-12(19)20;1-23-6-7-24-17-10-5-3-2-4-9(10)13(20)12(15(17)22)14(21)16-8-11(18)19/h1-3,5-7,12,24H,4,8-11H2,(H,20,25)(H,22,23);1-6,9,24H,7-8H2,(H,19,25)(H,22,23);4-7,9,19H,3,8H2,1-2H3,(H,17,20)(H,22,23);4-5,7,21H,3,6,8H2,1-2H3,(H,17,22)(H,19,20);2-5,20H,6-8H2,1H3,(H,16,21)(H,18,19)/b5-3+;;;;/t;;9-;;/m..0../s1. The van der Waals surface area contributed by atoms with Gasteiger partial charge in [0.15, 0.2) is 33.5 Å². The Morgan fingerprint density at radius 1 is 0.444 bits per heavy atom. The highest BCUT2D eigenvalue weighted by Crippen LogP contribution is 2.32. The first-order valence-electron chi connectivity index (χ1n) is 38.1. The van der Waals surface area contributed by atoms with Crippen LogP contribution in [0.5, 0.6) is 28.7 Å². The number of carboxylic acid groups (broad SMARTS) is 5. The Hall–Kier alpha value is -16.4. The van der Waals surface area contributed by atoms with Gasteiger partial charge >= 0.3 is 35.4 Å². The van der Waals surface area contributed by atoms with Crippen molar-refractivity contribution < 1.29 is 128 Å². The number of allylic oxidation sites excluding steroid dienone is 1. The number of nitrogens with one attached hydrogen (secondary N) is 5. The van der Waals surface area contributed by atoms with Crippen LogP contribution in [0.25, 0.3) is 54.6 Å². The lowest BCUT2D eigenvalue weighted by Gasteiger charge is -2.15. The number of carboxylic acids is 5. The molecule has 11 aromatic rings. The van der Waals surface area contributed by atoms with Crippen molar-refractivity contribution in [3.8, 4) is 28.7 Å². The zero-order valence-corrected chi connectivity index (χ0v) is 67.8. The summed E-state index contributed by atoms with van der Waals surface area (Å²) in [6.45, 7) is 4.98. The number of ether oxygens (including phenoxy) is 1. The van der Waals surface area contributed by atoms with Crippen LogP contribution in [-0.4, -0.2) is 216 Å². The van der Waals surface area contributed by atoms with Gasteiger partial charge < -0.3 is 107 Å². The Morgan fingerprint density at radius 3 is 1.21 bits per heavy atom. The first kappa shape index (κ1) is 95.1. The fourth-order valence-corrected chi connectivity index (χ4v) is 11.5. The Bertz CT molecular complexity index is 6300. The van der Waals surface area contributed by atoms with Gasteiger partial charge in [-0.3, -0.25) is 71.9 Å². The molecule has 15 N–H and O–H groups in total. The van der Waals surface area contributed by atoms with Crippen LogP contribution in [0.15, 0.2) is 170 Å². The molecule has 1 atom stereocenters. The third kappa shape index (κ3) is 24.0. The Balaban J connectivity index is 0.000000195. The van der Waals surface area contributed by atoms with Gasteiger partial charge in [-0.2, -0.15) is 0 Å². The summed E-state index contributed by atoms with van der Waals surface area (Å²) in [5.41, 5.74) is -4.55.